The van der Waals surface area contributed by atoms with E-state index in [0.717, 1.165) is 23.4 Å². The zero-order valence-electron chi connectivity index (χ0n) is 15.9. The van der Waals surface area contributed by atoms with Crippen molar-refractivity contribution >= 4 is 28.3 Å². The van der Waals surface area contributed by atoms with Crippen molar-refractivity contribution in [2.75, 3.05) is 19.0 Å². The molecule has 1 saturated heterocycles. The molecule has 2 atom stereocenters. The first kappa shape index (κ1) is 19.4. The Morgan fingerprint density at radius 3 is 2.81 bits per heavy atom. The van der Waals surface area contributed by atoms with Crippen LogP contribution in [0.5, 0.6) is 5.75 Å². The van der Waals surface area contributed by atoms with E-state index in [2.05, 4.69) is 24.1 Å². The lowest BCUT2D eigenvalue weighted by Gasteiger charge is -2.16. The minimum Gasteiger partial charge on any atom is -0.497 e. The lowest BCUT2D eigenvalue weighted by molar-refractivity contribution is -0.128. The molecule has 2 amide bonds. The van der Waals surface area contributed by atoms with Crippen molar-refractivity contribution in [3.8, 4) is 5.75 Å². The minimum absolute atomic E-state index is 0.00500. The number of rotatable bonds is 7. The third-order valence-corrected chi connectivity index (χ3v) is 5.76. The van der Waals surface area contributed by atoms with Gasteiger partial charge in [-0.25, -0.2) is 4.98 Å². The summed E-state index contributed by atoms with van der Waals surface area (Å²) in [4.78, 5) is 31.1. The van der Waals surface area contributed by atoms with E-state index in [1.807, 2.05) is 29.6 Å². The van der Waals surface area contributed by atoms with Gasteiger partial charge in [0.15, 0.2) is 5.13 Å². The maximum absolute atomic E-state index is 12.6. The molecule has 1 fully saturated rings. The van der Waals surface area contributed by atoms with Crippen LogP contribution >= 0.6 is 11.3 Å². The molecule has 1 aromatic heterocycles. The average molecular weight is 388 g/mol. The number of likely N-dealkylation sites (tertiary alicyclic amines) is 1. The van der Waals surface area contributed by atoms with Gasteiger partial charge in [0.05, 0.1) is 18.7 Å². The summed E-state index contributed by atoms with van der Waals surface area (Å²) in [6, 6.07) is 7.62. The van der Waals surface area contributed by atoms with Gasteiger partial charge in [-0.05, 0) is 30.0 Å². The number of hydrogen-bond donors (Lipinski definition) is 1. The van der Waals surface area contributed by atoms with Gasteiger partial charge >= 0.3 is 0 Å². The predicted octanol–water partition coefficient (Wildman–Crippen LogP) is 3.65. The smallest absolute Gasteiger partial charge is 0.231 e. The summed E-state index contributed by atoms with van der Waals surface area (Å²) in [5, 5.41) is 5.47. The zero-order chi connectivity index (χ0) is 19.4. The van der Waals surface area contributed by atoms with Crippen molar-refractivity contribution in [2.45, 2.75) is 39.2 Å². The normalized spacial score (nSPS) is 17.8. The van der Waals surface area contributed by atoms with Crippen LogP contribution < -0.4 is 10.1 Å². The molecule has 2 unspecified atom stereocenters. The second-order valence-corrected chi connectivity index (χ2v) is 7.76. The molecule has 1 aromatic carbocycles. The summed E-state index contributed by atoms with van der Waals surface area (Å²) in [5.41, 5.74) is 2.02. The van der Waals surface area contributed by atoms with Crippen LogP contribution in [0, 0.1) is 5.92 Å². The van der Waals surface area contributed by atoms with Gasteiger partial charge in [-0.3, -0.25) is 9.59 Å². The lowest BCUT2D eigenvalue weighted by Crippen LogP contribution is -2.28. The SMILES string of the molecule is CCC(C)c1csc(NC(=O)C2CC(=O)N(Cc3ccc(OC)cc3)C2)n1. The summed E-state index contributed by atoms with van der Waals surface area (Å²) in [5.74, 6) is 0.687. The fraction of sp³-hybridized carbons (Fsp3) is 0.450. The number of ether oxygens (including phenoxy) is 1. The molecule has 27 heavy (non-hydrogen) atoms. The average Bonchev–Trinajstić information content (AvgIpc) is 3.29. The van der Waals surface area contributed by atoms with Gasteiger partial charge in [-0.15, -0.1) is 11.3 Å². The minimum atomic E-state index is -0.341. The Labute approximate surface area is 163 Å². The summed E-state index contributed by atoms with van der Waals surface area (Å²) in [6.07, 6.45) is 1.25. The van der Waals surface area contributed by atoms with Gasteiger partial charge in [-0.1, -0.05) is 26.0 Å². The van der Waals surface area contributed by atoms with Gasteiger partial charge in [0.1, 0.15) is 5.75 Å². The molecule has 0 saturated carbocycles. The predicted molar refractivity (Wildman–Crippen MR) is 106 cm³/mol. The van der Waals surface area contributed by atoms with Gasteiger partial charge < -0.3 is 15.0 Å². The molecule has 2 aromatic rings. The number of thiazole rings is 1. The summed E-state index contributed by atoms with van der Waals surface area (Å²) in [6.45, 7) is 5.17. The van der Waals surface area contributed by atoms with Gasteiger partial charge in [0.25, 0.3) is 0 Å². The highest BCUT2D eigenvalue weighted by Gasteiger charge is 2.34. The van der Waals surface area contributed by atoms with E-state index >= 15 is 0 Å². The maximum Gasteiger partial charge on any atom is 0.231 e. The second-order valence-electron chi connectivity index (χ2n) is 6.90. The van der Waals surface area contributed by atoms with Crippen LogP contribution in [-0.2, 0) is 16.1 Å². The Kier molecular flexibility index (Phi) is 6.11. The lowest BCUT2D eigenvalue weighted by atomic mass is 10.1. The van der Waals surface area contributed by atoms with Crippen molar-refractivity contribution < 1.29 is 14.3 Å². The van der Waals surface area contributed by atoms with Crippen molar-refractivity contribution in [3.05, 3.63) is 40.9 Å². The molecule has 0 aliphatic carbocycles. The monoisotopic (exact) mass is 387 g/mol. The number of hydrogen-bond acceptors (Lipinski definition) is 5. The third-order valence-electron chi connectivity index (χ3n) is 4.99. The van der Waals surface area contributed by atoms with Gasteiger partial charge in [0.2, 0.25) is 11.8 Å². The molecular formula is C20H25N3O3S. The van der Waals surface area contributed by atoms with E-state index < -0.39 is 0 Å². The zero-order valence-corrected chi connectivity index (χ0v) is 16.7. The highest BCUT2D eigenvalue weighted by molar-refractivity contribution is 7.13. The number of nitrogens with one attached hydrogen (secondary N) is 1. The van der Waals surface area contributed by atoms with Crippen LogP contribution in [0.3, 0.4) is 0 Å². The van der Waals surface area contributed by atoms with E-state index in [1.165, 1.54) is 11.3 Å². The van der Waals surface area contributed by atoms with Gasteiger partial charge in [0, 0.05) is 24.9 Å². The highest BCUT2D eigenvalue weighted by atomic mass is 32.1. The first-order chi connectivity index (χ1) is 13.0. The summed E-state index contributed by atoms with van der Waals surface area (Å²) in [7, 11) is 1.62. The molecule has 1 N–H and O–H groups in total. The quantitative estimate of drug-likeness (QED) is 0.787. The Balaban J connectivity index is 1.57. The van der Waals surface area contributed by atoms with Crippen LogP contribution in [0.25, 0.3) is 0 Å². The molecule has 1 aliphatic heterocycles. The van der Waals surface area contributed by atoms with Crippen LogP contribution in [0.1, 0.15) is 43.9 Å². The van der Waals surface area contributed by atoms with Crippen molar-refractivity contribution in [3.63, 3.8) is 0 Å². The largest absolute Gasteiger partial charge is 0.497 e. The Hall–Kier alpha value is -2.41. The van der Waals surface area contributed by atoms with E-state index in [1.54, 1.807) is 12.0 Å². The van der Waals surface area contributed by atoms with E-state index in [4.69, 9.17) is 4.74 Å². The molecule has 0 bridgehead atoms. The second kappa shape index (κ2) is 8.52. The van der Waals surface area contributed by atoms with Crippen molar-refractivity contribution in [1.82, 2.24) is 9.88 Å². The number of carbonyl (C=O) groups is 2. The van der Waals surface area contributed by atoms with Crippen molar-refractivity contribution in [1.29, 1.82) is 0 Å². The molecule has 2 heterocycles. The van der Waals surface area contributed by atoms with Gasteiger partial charge in [-0.2, -0.15) is 0 Å². The van der Waals surface area contributed by atoms with E-state index in [0.29, 0.717) is 24.1 Å². The molecule has 7 heteroatoms. The number of nitrogens with zero attached hydrogens (tertiary/aromatic N) is 2. The third kappa shape index (κ3) is 4.66. The van der Waals surface area contributed by atoms with E-state index in [9.17, 15) is 9.59 Å². The summed E-state index contributed by atoms with van der Waals surface area (Å²) >= 11 is 1.43. The Bertz CT molecular complexity index is 803. The van der Waals surface area contributed by atoms with Crippen molar-refractivity contribution in [2.24, 2.45) is 5.92 Å². The first-order valence-corrected chi connectivity index (χ1v) is 10.0. The Morgan fingerprint density at radius 2 is 2.15 bits per heavy atom. The number of benzene rings is 1. The van der Waals surface area contributed by atoms with Crippen LogP contribution in [0.4, 0.5) is 5.13 Å². The number of anilines is 1. The number of amides is 2. The topological polar surface area (TPSA) is 71.5 Å². The summed E-state index contributed by atoms with van der Waals surface area (Å²) < 4.78 is 5.15. The molecule has 6 nitrogen and oxygen atoms in total. The molecule has 144 valence electrons. The molecule has 0 spiro atoms. The highest BCUT2D eigenvalue weighted by Crippen LogP contribution is 2.26. The van der Waals surface area contributed by atoms with Crippen LogP contribution in [0.15, 0.2) is 29.6 Å². The number of methoxy groups -OCH3 is 1. The molecule has 0 radical (unpaired) electrons. The molecular weight excluding hydrogens is 362 g/mol. The van der Waals surface area contributed by atoms with Crippen LogP contribution in [-0.4, -0.2) is 35.4 Å². The Morgan fingerprint density at radius 1 is 1.41 bits per heavy atom. The maximum atomic E-state index is 12.6. The fourth-order valence-electron chi connectivity index (χ4n) is 3.04. The fourth-order valence-corrected chi connectivity index (χ4v) is 3.87. The molecule has 1 aliphatic rings. The van der Waals surface area contributed by atoms with Crippen LogP contribution in [0.2, 0.25) is 0 Å². The first-order valence-electron chi connectivity index (χ1n) is 9.17. The number of aromatic nitrogens is 1. The number of carbonyl (C=O) groups excluding carboxylic acids is 2. The standard InChI is InChI=1S/C20H25N3O3S/c1-4-13(2)17-12-27-20(21-17)22-19(25)15-9-18(24)23(11-15)10-14-5-7-16(26-3)8-6-14/h5-8,12-13,15H,4,9-11H2,1-3H3,(H,21,22,25). The van der Waals surface area contributed by atoms with E-state index in [-0.39, 0.29) is 24.2 Å². The molecule has 3 rings (SSSR count).